The Bertz CT molecular complexity index is 1300. The first-order valence-corrected chi connectivity index (χ1v) is 13.0. The third-order valence-corrected chi connectivity index (χ3v) is 8.41. The van der Waals surface area contributed by atoms with E-state index in [1.54, 1.807) is 6.92 Å². The fraction of sp³-hybridized carbons (Fsp3) is 0.500. The first-order chi connectivity index (χ1) is 18.9. The topological polar surface area (TPSA) is 75.7 Å². The number of rotatable bonds is 4. The number of urea groups is 1. The van der Waals surface area contributed by atoms with Crippen molar-refractivity contribution in [2.45, 2.75) is 63.1 Å². The summed E-state index contributed by atoms with van der Waals surface area (Å²) in [4.78, 5) is 28.3. The predicted molar refractivity (Wildman–Crippen MR) is 132 cm³/mol. The Morgan fingerprint density at radius 3 is 2.19 bits per heavy atom. The van der Waals surface area contributed by atoms with Gasteiger partial charge in [-0.2, -0.15) is 26.3 Å². The van der Waals surface area contributed by atoms with E-state index < -0.39 is 64.8 Å². The number of aliphatic carboxylic acids is 1. The van der Waals surface area contributed by atoms with Crippen LogP contribution in [-0.2, 0) is 17.1 Å². The number of hydrogen-bond acceptors (Lipinski definition) is 4. The molecule has 42 heavy (non-hydrogen) atoms. The van der Waals surface area contributed by atoms with Gasteiger partial charge in [-0.15, -0.1) is 0 Å². The second-order valence-corrected chi connectivity index (χ2v) is 10.8. The van der Waals surface area contributed by atoms with Gasteiger partial charge in [-0.3, -0.25) is 0 Å². The molecule has 2 fully saturated rings. The number of hydrogen-bond donors (Lipinski definition) is 1. The van der Waals surface area contributed by atoms with Crippen LogP contribution in [0.25, 0.3) is 0 Å². The van der Waals surface area contributed by atoms with Crippen molar-refractivity contribution in [1.29, 1.82) is 0 Å². The third-order valence-electron chi connectivity index (χ3n) is 8.41. The van der Waals surface area contributed by atoms with Crippen molar-refractivity contribution in [1.82, 2.24) is 15.1 Å². The number of aryl methyl sites for hydroxylation is 1. The summed E-state index contributed by atoms with van der Waals surface area (Å²) in [6, 6.07) is 2.52. The van der Waals surface area contributed by atoms with Crippen LogP contribution in [0.2, 0.25) is 0 Å². The standard InChI is InChI=1S/C28H30F7N3O3.Li/c1-15-10-20(29)4-5-21(15)23-14-26(22(24(39)40)6-8-36-26)7-9-38(23)25(41)37(3)16(2)17-11-18(27(30,31)32)13-19(12-17)28(33,34)35;/h4-5,10-13,16,22-23,36H,6-9,14H2,1-3H3,(H,39,40);/q;+1/p-1/t16-,22-,23-,26-;/m1./s1. The van der Waals surface area contributed by atoms with Gasteiger partial charge in [0.1, 0.15) is 5.82 Å². The average Bonchev–Trinajstić information content (AvgIpc) is 3.29. The molecule has 0 unspecified atom stereocenters. The molecular weight excluding hydrogens is 566 g/mol. The Hall–Kier alpha value is -2.75. The monoisotopic (exact) mass is 595 g/mol. The number of nitrogens with one attached hydrogen (secondary N) is 1. The summed E-state index contributed by atoms with van der Waals surface area (Å²) in [5.41, 5.74) is -3.21. The zero-order chi connectivity index (χ0) is 30.5. The second kappa shape index (κ2) is 12.1. The van der Waals surface area contributed by atoms with E-state index in [-0.39, 0.29) is 49.9 Å². The van der Waals surface area contributed by atoms with Crippen molar-refractivity contribution in [3.8, 4) is 0 Å². The summed E-state index contributed by atoms with van der Waals surface area (Å²) in [6.07, 6.45) is -9.42. The summed E-state index contributed by atoms with van der Waals surface area (Å²) in [5.74, 6) is -2.59. The number of halogens is 7. The SMILES string of the molecule is Cc1cc(F)ccc1[C@H]1C[C@@]2(CCN1C(=O)N(C)[C@H](C)c1cc(C(F)(F)F)cc(C(F)(F)F)c1)NCC[C@@H]2C(=O)[O-].[Li+]. The molecule has 2 amide bonds. The number of carboxylic acids is 1. The first kappa shape index (κ1) is 33.7. The first-order valence-electron chi connectivity index (χ1n) is 13.0. The normalized spacial score (nSPS) is 23.4. The molecule has 2 aromatic carbocycles. The molecule has 4 rings (SSSR count). The van der Waals surface area contributed by atoms with Gasteiger partial charge >= 0.3 is 37.2 Å². The van der Waals surface area contributed by atoms with Crippen LogP contribution in [0.1, 0.15) is 66.1 Å². The van der Waals surface area contributed by atoms with E-state index in [0.717, 1.165) is 4.90 Å². The smallest absolute Gasteiger partial charge is 0.550 e. The van der Waals surface area contributed by atoms with E-state index >= 15 is 0 Å². The zero-order valence-electron chi connectivity index (χ0n) is 23.5. The van der Waals surface area contributed by atoms with Crippen LogP contribution in [0.3, 0.4) is 0 Å². The number of nitrogens with zero attached hydrogens (tertiary/aromatic N) is 2. The number of carbonyl (C=O) groups is 2. The molecule has 4 atom stereocenters. The average molecular weight is 595 g/mol. The predicted octanol–water partition coefficient (Wildman–Crippen LogP) is 2.22. The molecule has 6 nitrogen and oxygen atoms in total. The van der Waals surface area contributed by atoms with Crippen LogP contribution in [-0.4, -0.2) is 47.5 Å². The van der Waals surface area contributed by atoms with Gasteiger partial charge in [0.15, 0.2) is 0 Å². The molecule has 2 aromatic rings. The maximum absolute atomic E-state index is 13.9. The second-order valence-electron chi connectivity index (χ2n) is 10.8. The molecular formula is C28H29F7LiN3O3. The molecule has 2 heterocycles. The van der Waals surface area contributed by atoms with Crippen molar-refractivity contribution < 1.29 is 64.3 Å². The van der Waals surface area contributed by atoms with Gasteiger partial charge in [-0.25, -0.2) is 9.18 Å². The minimum absolute atomic E-state index is 0. The number of amides is 2. The molecule has 0 saturated carbocycles. The maximum atomic E-state index is 13.9. The fourth-order valence-corrected chi connectivity index (χ4v) is 6.05. The molecule has 1 spiro atoms. The largest absolute Gasteiger partial charge is 1.00 e. The Labute approximate surface area is 250 Å². The Morgan fingerprint density at radius 1 is 1.07 bits per heavy atom. The summed E-state index contributed by atoms with van der Waals surface area (Å²) < 4.78 is 94.7. The van der Waals surface area contributed by atoms with Crippen LogP contribution in [0.4, 0.5) is 35.5 Å². The number of carbonyl (C=O) groups excluding carboxylic acids is 2. The van der Waals surface area contributed by atoms with Gasteiger partial charge < -0.3 is 25.0 Å². The summed E-state index contributed by atoms with van der Waals surface area (Å²) in [5, 5.41) is 15.2. The Kier molecular flexibility index (Phi) is 9.71. The number of piperidine rings is 1. The fourth-order valence-electron chi connectivity index (χ4n) is 6.05. The van der Waals surface area contributed by atoms with Crippen LogP contribution in [0.15, 0.2) is 36.4 Å². The quantitative estimate of drug-likeness (QED) is 0.435. The molecule has 0 bridgehead atoms. The van der Waals surface area contributed by atoms with Crippen LogP contribution in [0.5, 0.6) is 0 Å². The van der Waals surface area contributed by atoms with Crippen molar-refractivity contribution in [2.75, 3.05) is 20.1 Å². The minimum atomic E-state index is -5.05. The third kappa shape index (κ3) is 6.58. The van der Waals surface area contributed by atoms with Crippen molar-refractivity contribution >= 4 is 12.0 Å². The maximum Gasteiger partial charge on any atom is 1.00 e. The van der Waals surface area contributed by atoms with Crippen molar-refractivity contribution in [2.24, 2.45) is 5.92 Å². The van der Waals surface area contributed by atoms with E-state index in [2.05, 4.69) is 5.32 Å². The van der Waals surface area contributed by atoms with Crippen molar-refractivity contribution in [3.05, 3.63) is 70.0 Å². The summed E-state index contributed by atoms with van der Waals surface area (Å²) >= 11 is 0. The van der Waals surface area contributed by atoms with Crippen LogP contribution in [0, 0.1) is 18.7 Å². The van der Waals surface area contributed by atoms with E-state index in [0.29, 0.717) is 36.2 Å². The van der Waals surface area contributed by atoms with Gasteiger partial charge in [0.05, 0.1) is 23.2 Å². The number of likely N-dealkylation sites (tertiary alicyclic amines) is 1. The van der Waals surface area contributed by atoms with E-state index in [1.165, 1.54) is 37.1 Å². The molecule has 0 aliphatic carbocycles. The molecule has 0 aromatic heterocycles. The van der Waals surface area contributed by atoms with Crippen molar-refractivity contribution in [3.63, 3.8) is 0 Å². The minimum Gasteiger partial charge on any atom is -0.550 e. The molecule has 0 radical (unpaired) electrons. The van der Waals surface area contributed by atoms with E-state index in [4.69, 9.17) is 0 Å². The van der Waals surface area contributed by atoms with E-state index in [1.807, 2.05) is 0 Å². The number of carboxylic acid groups (broad SMARTS) is 1. The molecule has 1 N–H and O–H groups in total. The van der Waals surface area contributed by atoms with Gasteiger partial charge in [0.2, 0.25) is 0 Å². The molecule has 2 aliphatic rings. The summed E-state index contributed by atoms with van der Waals surface area (Å²) in [7, 11) is 1.28. The van der Waals surface area contributed by atoms with Gasteiger partial charge in [-0.05, 0) is 86.7 Å². The molecule has 224 valence electrons. The summed E-state index contributed by atoms with van der Waals surface area (Å²) in [6.45, 7) is 3.40. The van der Waals surface area contributed by atoms with Crippen LogP contribution < -0.4 is 29.3 Å². The van der Waals surface area contributed by atoms with Gasteiger partial charge in [0.25, 0.3) is 0 Å². The molecule has 14 heteroatoms. The number of benzene rings is 2. The Morgan fingerprint density at radius 2 is 1.67 bits per heavy atom. The van der Waals surface area contributed by atoms with Gasteiger partial charge in [0, 0.05) is 31.0 Å². The zero-order valence-corrected chi connectivity index (χ0v) is 23.5. The molecule has 2 saturated heterocycles. The van der Waals surface area contributed by atoms with Gasteiger partial charge in [-0.1, -0.05) is 6.07 Å². The van der Waals surface area contributed by atoms with Crippen LogP contribution >= 0.6 is 0 Å². The number of alkyl halides is 6. The Balaban J connectivity index is 0.00000484. The van der Waals surface area contributed by atoms with E-state index in [9.17, 15) is 45.4 Å². The molecule has 2 aliphatic heterocycles.